The van der Waals surface area contributed by atoms with Gasteiger partial charge in [0.2, 0.25) is 0 Å². The highest BCUT2D eigenvalue weighted by Gasteiger charge is 2.06. The second-order valence-corrected chi connectivity index (χ2v) is 4.62. The molecule has 1 aromatic rings. The summed E-state index contributed by atoms with van der Waals surface area (Å²) in [5.74, 6) is 0.827. The zero-order chi connectivity index (χ0) is 12.8. The van der Waals surface area contributed by atoms with Crippen molar-refractivity contribution in [2.75, 3.05) is 11.1 Å². The van der Waals surface area contributed by atoms with Crippen molar-refractivity contribution in [2.45, 2.75) is 52.7 Å². The lowest BCUT2D eigenvalue weighted by Gasteiger charge is -2.18. The average molecular weight is 236 g/mol. The highest BCUT2D eigenvalue weighted by atomic mass is 16.5. The Kier molecular flexibility index (Phi) is 5.13. The number of anilines is 2. The van der Waals surface area contributed by atoms with Crippen LogP contribution in [0, 0.1) is 0 Å². The molecule has 0 aromatic heterocycles. The summed E-state index contributed by atoms with van der Waals surface area (Å²) in [6.45, 7) is 8.38. The molecule has 0 aliphatic heterocycles. The predicted octanol–water partition coefficient (Wildman–Crippen LogP) is 3.66. The van der Waals surface area contributed by atoms with Crippen molar-refractivity contribution in [3.63, 3.8) is 0 Å². The molecule has 0 saturated heterocycles. The molecule has 1 rings (SSSR count). The molecule has 0 aliphatic rings. The van der Waals surface area contributed by atoms with Gasteiger partial charge in [0, 0.05) is 29.5 Å². The molecule has 17 heavy (non-hydrogen) atoms. The SMILES string of the molecule is CCC(CC)Nc1cc(N)cc(OC(C)C)c1. The molecular weight excluding hydrogens is 212 g/mol. The summed E-state index contributed by atoms with van der Waals surface area (Å²) in [5, 5.41) is 3.47. The van der Waals surface area contributed by atoms with Crippen LogP contribution in [0.5, 0.6) is 5.75 Å². The average Bonchev–Trinajstić information content (AvgIpc) is 2.24. The van der Waals surface area contributed by atoms with Gasteiger partial charge in [-0.25, -0.2) is 0 Å². The number of benzene rings is 1. The molecule has 3 nitrogen and oxygen atoms in total. The first-order valence-corrected chi connectivity index (χ1v) is 6.38. The van der Waals surface area contributed by atoms with Crippen LogP contribution in [-0.4, -0.2) is 12.1 Å². The van der Waals surface area contributed by atoms with Crippen LogP contribution in [0.4, 0.5) is 11.4 Å². The first kappa shape index (κ1) is 13.7. The lowest BCUT2D eigenvalue weighted by molar-refractivity contribution is 0.242. The summed E-state index contributed by atoms with van der Waals surface area (Å²) in [4.78, 5) is 0. The monoisotopic (exact) mass is 236 g/mol. The van der Waals surface area contributed by atoms with Gasteiger partial charge in [-0.15, -0.1) is 0 Å². The Bertz CT molecular complexity index is 346. The maximum absolute atomic E-state index is 5.87. The molecule has 0 amide bonds. The summed E-state index contributed by atoms with van der Waals surface area (Å²) in [7, 11) is 0. The van der Waals surface area contributed by atoms with Crippen molar-refractivity contribution in [3.8, 4) is 5.75 Å². The quantitative estimate of drug-likeness (QED) is 0.741. The number of nitrogen functional groups attached to an aromatic ring is 1. The first-order valence-electron chi connectivity index (χ1n) is 6.38. The van der Waals surface area contributed by atoms with Gasteiger partial charge in [-0.05, 0) is 32.8 Å². The smallest absolute Gasteiger partial charge is 0.123 e. The van der Waals surface area contributed by atoms with E-state index < -0.39 is 0 Å². The van der Waals surface area contributed by atoms with E-state index in [-0.39, 0.29) is 6.10 Å². The van der Waals surface area contributed by atoms with E-state index in [9.17, 15) is 0 Å². The summed E-state index contributed by atoms with van der Waals surface area (Å²) >= 11 is 0. The lowest BCUT2D eigenvalue weighted by atomic mass is 10.1. The molecule has 0 heterocycles. The van der Waals surface area contributed by atoms with Crippen molar-refractivity contribution in [2.24, 2.45) is 0 Å². The number of nitrogens with one attached hydrogen (secondary N) is 1. The Labute approximate surface area is 104 Å². The molecule has 0 aliphatic carbocycles. The molecule has 96 valence electrons. The van der Waals surface area contributed by atoms with Crippen molar-refractivity contribution in [3.05, 3.63) is 18.2 Å². The van der Waals surface area contributed by atoms with Crippen LogP contribution in [0.1, 0.15) is 40.5 Å². The Hall–Kier alpha value is -1.38. The maximum atomic E-state index is 5.87. The number of hydrogen-bond acceptors (Lipinski definition) is 3. The molecule has 0 unspecified atom stereocenters. The number of hydrogen-bond donors (Lipinski definition) is 2. The van der Waals surface area contributed by atoms with E-state index in [0.717, 1.165) is 30.0 Å². The van der Waals surface area contributed by atoms with Crippen LogP contribution in [0.15, 0.2) is 18.2 Å². The van der Waals surface area contributed by atoms with E-state index in [1.807, 2.05) is 32.0 Å². The third kappa shape index (κ3) is 4.55. The van der Waals surface area contributed by atoms with Gasteiger partial charge < -0.3 is 15.8 Å². The molecule has 0 spiro atoms. The van der Waals surface area contributed by atoms with Crippen LogP contribution >= 0.6 is 0 Å². The highest BCUT2D eigenvalue weighted by Crippen LogP contribution is 2.24. The van der Waals surface area contributed by atoms with Gasteiger partial charge in [0.05, 0.1) is 6.10 Å². The third-order valence-electron chi connectivity index (χ3n) is 2.66. The summed E-state index contributed by atoms with van der Waals surface area (Å²) < 4.78 is 5.66. The fraction of sp³-hybridized carbons (Fsp3) is 0.571. The normalized spacial score (nSPS) is 10.9. The molecular formula is C14H24N2O. The van der Waals surface area contributed by atoms with Gasteiger partial charge in [0.25, 0.3) is 0 Å². The standard InChI is InChI=1S/C14H24N2O/c1-5-12(6-2)16-13-7-11(15)8-14(9-13)17-10(3)4/h7-10,12,16H,5-6,15H2,1-4H3. The zero-order valence-electron chi connectivity index (χ0n) is 11.3. The number of ether oxygens (including phenoxy) is 1. The minimum atomic E-state index is 0.165. The molecule has 0 saturated carbocycles. The van der Waals surface area contributed by atoms with Gasteiger partial charge >= 0.3 is 0 Å². The first-order chi connectivity index (χ1) is 8.05. The van der Waals surface area contributed by atoms with Crippen molar-refractivity contribution in [1.82, 2.24) is 0 Å². The minimum absolute atomic E-state index is 0.165. The van der Waals surface area contributed by atoms with Crippen LogP contribution in [-0.2, 0) is 0 Å². The molecule has 0 bridgehead atoms. The molecule has 3 N–H and O–H groups in total. The lowest BCUT2D eigenvalue weighted by Crippen LogP contribution is -2.17. The molecule has 3 heteroatoms. The van der Waals surface area contributed by atoms with Crippen molar-refractivity contribution in [1.29, 1.82) is 0 Å². The number of rotatable bonds is 6. The van der Waals surface area contributed by atoms with Gasteiger partial charge in [0.1, 0.15) is 5.75 Å². The summed E-state index contributed by atoms with van der Waals surface area (Å²) in [5.41, 5.74) is 7.64. The topological polar surface area (TPSA) is 47.3 Å². The second kappa shape index (κ2) is 6.38. The Balaban J connectivity index is 2.81. The zero-order valence-corrected chi connectivity index (χ0v) is 11.3. The Morgan fingerprint density at radius 1 is 1.18 bits per heavy atom. The Morgan fingerprint density at radius 3 is 2.35 bits per heavy atom. The van der Waals surface area contributed by atoms with E-state index in [4.69, 9.17) is 10.5 Å². The third-order valence-corrected chi connectivity index (χ3v) is 2.66. The van der Waals surface area contributed by atoms with E-state index in [0.29, 0.717) is 6.04 Å². The molecule has 0 fully saturated rings. The molecule has 0 radical (unpaired) electrons. The highest BCUT2D eigenvalue weighted by molar-refractivity contribution is 5.59. The van der Waals surface area contributed by atoms with Crippen LogP contribution in [0.3, 0.4) is 0 Å². The van der Waals surface area contributed by atoms with Crippen molar-refractivity contribution >= 4 is 11.4 Å². The van der Waals surface area contributed by atoms with E-state index in [1.54, 1.807) is 0 Å². The Morgan fingerprint density at radius 2 is 1.82 bits per heavy atom. The predicted molar refractivity (Wildman–Crippen MR) is 74.6 cm³/mol. The maximum Gasteiger partial charge on any atom is 0.123 e. The van der Waals surface area contributed by atoms with E-state index in [1.165, 1.54) is 0 Å². The second-order valence-electron chi connectivity index (χ2n) is 4.62. The summed E-state index contributed by atoms with van der Waals surface area (Å²) in [6.07, 6.45) is 2.37. The van der Waals surface area contributed by atoms with Gasteiger partial charge in [-0.3, -0.25) is 0 Å². The fourth-order valence-corrected chi connectivity index (χ4v) is 1.77. The van der Waals surface area contributed by atoms with E-state index in [2.05, 4.69) is 19.2 Å². The van der Waals surface area contributed by atoms with Gasteiger partial charge in [-0.2, -0.15) is 0 Å². The fourth-order valence-electron chi connectivity index (χ4n) is 1.77. The van der Waals surface area contributed by atoms with Gasteiger partial charge in [-0.1, -0.05) is 13.8 Å². The van der Waals surface area contributed by atoms with Gasteiger partial charge in [0.15, 0.2) is 0 Å². The van der Waals surface area contributed by atoms with Crippen LogP contribution in [0.2, 0.25) is 0 Å². The largest absolute Gasteiger partial charge is 0.491 e. The van der Waals surface area contributed by atoms with Crippen molar-refractivity contribution < 1.29 is 4.74 Å². The summed E-state index contributed by atoms with van der Waals surface area (Å²) in [6, 6.07) is 6.31. The molecule has 0 atom stereocenters. The van der Waals surface area contributed by atoms with E-state index >= 15 is 0 Å². The molecule has 1 aromatic carbocycles. The van der Waals surface area contributed by atoms with Crippen LogP contribution in [0.25, 0.3) is 0 Å². The minimum Gasteiger partial charge on any atom is -0.491 e. The number of nitrogens with two attached hydrogens (primary N) is 1. The van der Waals surface area contributed by atoms with Crippen LogP contribution < -0.4 is 15.8 Å².